The number of benzene rings is 1. The summed E-state index contributed by atoms with van der Waals surface area (Å²) < 4.78 is 5.63. The minimum absolute atomic E-state index is 0.495. The number of rotatable bonds is 4. The van der Waals surface area contributed by atoms with Crippen molar-refractivity contribution in [2.45, 2.75) is 45.2 Å². The molecule has 1 unspecified atom stereocenters. The highest BCUT2D eigenvalue weighted by Gasteiger charge is 2.27. The summed E-state index contributed by atoms with van der Waals surface area (Å²) in [5.41, 5.74) is 9.39. The number of H-pyrrole nitrogens is 1. The van der Waals surface area contributed by atoms with Gasteiger partial charge in [0.25, 0.3) is 0 Å². The molecule has 162 valence electrons. The smallest absolute Gasteiger partial charge is 0.137 e. The molecule has 5 nitrogen and oxygen atoms in total. The summed E-state index contributed by atoms with van der Waals surface area (Å²) in [5.74, 6) is 0.698. The Labute approximate surface area is 184 Å². The first-order chi connectivity index (χ1) is 15.2. The van der Waals surface area contributed by atoms with Crippen molar-refractivity contribution >= 4 is 11.0 Å². The Morgan fingerprint density at radius 3 is 3.00 bits per heavy atom. The number of nitrogens with one attached hydrogen (secondary N) is 2. The van der Waals surface area contributed by atoms with Gasteiger partial charge >= 0.3 is 0 Å². The average Bonchev–Trinajstić information content (AvgIpc) is 3.56. The molecule has 5 heteroatoms. The number of aromatic amines is 1. The van der Waals surface area contributed by atoms with Crippen LogP contribution in [0.5, 0.6) is 0 Å². The van der Waals surface area contributed by atoms with Crippen molar-refractivity contribution in [2.24, 2.45) is 5.92 Å². The highest BCUT2D eigenvalue weighted by atomic mass is 16.5. The van der Waals surface area contributed by atoms with Crippen LogP contribution >= 0.6 is 0 Å². The van der Waals surface area contributed by atoms with Crippen molar-refractivity contribution < 1.29 is 4.74 Å². The van der Waals surface area contributed by atoms with Crippen LogP contribution < -0.4 is 5.32 Å². The van der Waals surface area contributed by atoms with Gasteiger partial charge in [-0.25, -0.2) is 4.98 Å². The zero-order chi connectivity index (χ0) is 20.8. The maximum absolute atomic E-state index is 5.63. The maximum Gasteiger partial charge on any atom is 0.137 e. The number of fused-ring (bicyclic) bond motifs is 2. The zero-order valence-corrected chi connectivity index (χ0v) is 18.4. The van der Waals surface area contributed by atoms with Crippen LogP contribution in [0.25, 0.3) is 22.2 Å². The second kappa shape index (κ2) is 8.05. The zero-order valence-electron chi connectivity index (χ0n) is 18.4. The van der Waals surface area contributed by atoms with Crippen molar-refractivity contribution in [2.75, 3.05) is 32.8 Å². The fourth-order valence-electron chi connectivity index (χ4n) is 5.76. The summed E-state index contributed by atoms with van der Waals surface area (Å²) in [7, 11) is 0. The first-order valence-electron chi connectivity index (χ1n) is 11.9. The lowest BCUT2D eigenvalue weighted by Gasteiger charge is -2.33. The van der Waals surface area contributed by atoms with Gasteiger partial charge in [0.15, 0.2) is 0 Å². The van der Waals surface area contributed by atoms with Crippen LogP contribution in [0.2, 0.25) is 0 Å². The van der Waals surface area contributed by atoms with E-state index in [2.05, 4.69) is 40.3 Å². The topological polar surface area (TPSA) is 53.2 Å². The molecule has 2 atom stereocenters. The van der Waals surface area contributed by atoms with Crippen molar-refractivity contribution in [3.63, 3.8) is 0 Å². The Morgan fingerprint density at radius 2 is 2.16 bits per heavy atom. The van der Waals surface area contributed by atoms with E-state index >= 15 is 0 Å². The monoisotopic (exact) mass is 416 g/mol. The summed E-state index contributed by atoms with van der Waals surface area (Å²) in [6.07, 6.45) is 8.96. The average molecular weight is 417 g/mol. The molecule has 6 rings (SSSR count). The first kappa shape index (κ1) is 19.5. The first-order valence-corrected chi connectivity index (χ1v) is 11.9. The van der Waals surface area contributed by atoms with E-state index in [0.717, 1.165) is 44.9 Å². The fraction of sp³-hybridized carbons (Fsp3) is 0.500. The maximum atomic E-state index is 5.63. The van der Waals surface area contributed by atoms with Gasteiger partial charge in [0.2, 0.25) is 0 Å². The molecule has 2 saturated heterocycles. The third kappa shape index (κ3) is 3.69. The molecule has 3 aromatic rings. The van der Waals surface area contributed by atoms with Crippen LogP contribution in [0, 0.1) is 12.8 Å². The Bertz CT molecular complexity index is 1090. The highest BCUT2D eigenvalue weighted by Crippen LogP contribution is 2.36. The van der Waals surface area contributed by atoms with Crippen LogP contribution in [0.1, 0.15) is 47.6 Å². The number of nitrogens with zero attached hydrogens (tertiary/aromatic N) is 2. The SMILES string of the molecule is Cc1c[nH]c2ncc(-c3cc4c(c([C@@H]5CCCN5)c3)CCN(CC3CCOC3)C4)cc12. The molecule has 3 aliphatic heterocycles. The van der Waals surface area contributed by atoms with Gasteiger partial charge in [-0.2, -0.15) is 0 Å². The van der Waals surface area contributed by atoms with Crippen molar-refractivity contribution in [1.82, 2.24) is 20.2 Å². The van der Waals surface area contributed by atoms with E-state index in [9.17, 15) is 0 Å². The van der Waals surface area contributed by atoms with Gasteiger partial charge in [0, 0.05) is 55.6 Å². The van der Waals surface area contributed by atoms with E-state index in [1.165, 1.54) is 59.0 Å². The predicted octanol–water partition coefficient (Wildman–Crippen LogP) is 4.36. The standard InChI is InChI=1S/C26H32N4O/c1-17-12-28-26-23(17)11-20(13-29-26)19-9-21-15-30(14-18-5-8-31-16-18)7-4-22(21)24(10-19)25-3-2-6-27-25/h9-13,18,25,27H,2-8,14-16H2,1H3,(H,28,29)/t18?,25-/m0/s1. The molecule has 5 heterocycles. The second-order valence-electron chi connectivity index (χ2n) is 9.66. The third-order valence-electron chi connectivity index (χ3n) is 7.50. The van der Waals surface area contributed by atoms with Crippen LogP contribution in [0.3, 0.4) is 0 Å². The number of hydrogen-bond donors (Lipinski definition) is 2. The van der Waals surface area contributed by atoms with E-state index in [0.29, 0.717) is 12.0 Å². The minimum atomic E-state index is 0.495. The van der Waals surface area contributed by atoms with Gasteiger partial charge in [0.05, 0.1) is 6.61 Å². The number of pyridine rings is 1. The molecular weight excluding hydrogens is 384 g/mol. The molecule has 0 aliphatic carbocycles. The van der Waals surface area contributed by atoms with Crippen LogP contribution in [-0.2, 0) is 17.7 Å². The van der Waals surface area contributed by atoms with E-state index < -0.39 is 0 Å². The molecule has 0 amide bonds. The van der Waals surface area contributed by atoms with Crippen molar-refractivity contribution in [1.29, 1.82) is 0 Å². The van der Waals surface area contributed by atoms with Crippen LogP contribution in [0.15, 0.2) is 30.6 Å². The van der Waals surface area contributed by atoms with Crippen LogP contribution in [-0.4, -0.2) is 47.7 Å². The van der Waals surface area contributed by atoms with E-state index in [1.807, 2.05) is 12.4 Å². The van der Waals surface area contributed by atoms with Gasteiger partial charge in [0.1, 0.15) is 5.65 Å². The summed E-state index contributed by atoms with van der Waals surface area (Å²) in [6.45, 7) is 8.53. The Kier molecular flexibility index (Phi) is 5.05. The second-order valence-corrected chi connectivity index (χ2v) is 9.66. The van der Waals surface area contributed by atoms with Gasteiger partial charge in [-0.05, 0) is 91.1 Å². The number of aryl methyl sites for hydroxylation is 1. The molecule has 0 saturated carbocycles. The Morgan fingerprint density at radius 1 is 1.19 bits per heavy atom. The van der Waals surface area contributed by atoms with Gasteiger partial charge in [-0.3, -0.25) is 4.90 Å². The summed E-state index contributed by atoms with van der Waals surface area (Å²) in [6, 6.07) is 7.69. The number of hydrogen-bond acceptors (Lipinski definition) is 4. The lowest BCUT2D eigenvalue weighted by atomic mass is 9.86. The van der Waals surface area contributed by atoms with E-state index in [-0.39, 0.29) is 0 Å². The molecule has 2 N–H and O–H groups in total. The molecule has 2 fully saturated rings. The van der Waals surface area contributed by atoms with Crippen molar-refractivity contribution in [3.8, 4) is 11.1 Å². The van der Waals surface area contributed by atoms with Gasteiger partial charge < -0.3 is 15.0 Å². The molecule has 0 radical (unpaired) electrons. The molecule has 1 aromatic carbocycles. The van der Waals surface area contributed by atoms with Gasteiger partial charge in [-0.1, -0.05) is 0 Å². The molecule has 0 spiro atoms. The molecule has 2 aromatic heterocycles. The number of aromatic nitrogens is 2. The number of ether oxygens (including phenoxy) is 1. The largest absolute Gasteiger partial charge is 0.381 e. The highest BCUT2D eigenvalue weighted by molar-refractivity contribution is 5.84. The molecule has 31 heavy (non-hydrogen) atoms. The van der Waals surface area contributed by atoms with Gasteiger partial charge in [-0.15, -0.1) is 0 Å². The van der Waals surface area contributed by atoms with Crippen molar-refractivity contribution in [3.05, 3.63) is 52.8 Å². The quantitative estimate of drug-likeness (QED) is 0.664. The molecule has 3 aliphatic rings. The predicted molar refractivity (Wildman–Crippen MR) is 124 cm³/mol. The molecular formula is C26H32N4O. The third-order valence-corrected chi connectivity index (χ3v) is 7.50. The Balaban J connectivity index is 1.38. The summed E-state index contributed by atoms with van der Waals surface area (Å²) in [4.78, 5) is 10.6. The van der Waals surface area contributed by atoms with E-state index in [1.54, 1.807) is 5.56 Å². The fourth-order valence-corrected chi connectivity index (χ4v) is 5.76. The summed E-state index contributed by atoms with van der Waals surface area (Å²) >= 11 is 0. The lowest BCUT2D eigenvalue weighted by Crippen LogP contribution is -2.35. The van der Waals surface area contributed by atoms with E-state index in [4.69, 9.17) is 9.72 Å². The van der Waals surface area contributed by atoms with Crippen LogP contribution in [0.4, 0.5) is 0 Å². The minimum Gasteiger partial charge on any atom is -0.381 e. The normalized spacial score (nSPS) is 24.2. The molecule has 0 bridgehead atoms. The lowest BCUT2D eigenvalue weighted by molar-refractivity contribution is 0.162. The summed E-state index contributed by atoms with van der Waals surface area (Å²) in [5, 5.41) is 4.98. The Hall–Kier alpha value is -2.21.